The molecule has 0 atom stereocenters. The fraction of sp³-hybridized carbons (Fsp3) is 0.647. The fourth-order valence-electron chi connectivity index (χ4n) is 2.12. The van der Waals surface area contributed by atoms with E-state index in [1.54, 1.807) is 0 Å². The molecule has 0 fully saturated rings. The summed E-state index contributed by atoms with van der Waals surface area (Å²) in [7, 11) is 5.13. The van der Waals surface area contributed by atoms with Gasteiger partial charge in [-0.05, 0) is 34.4 Å². The first kappa shape index (κ1) is 22.0. The van der Waals surface area contributed by atoms with Crippen molar-refractivity contribution >= 4 is 34.3 Å². The van der Waals surface area contributed by atoms with Gasteiger partial charge in [0.15, 0.2) is 5.13 Å². The predicted octanol–water partition coefficient (Wildman–Crippen LogP) is 1.43. The Morgan fingerprint density at radius 3 is 2.38 bits per heavy atom. The third-order valence-electron chi connectivity index (χ3n) is 3.78. The first-order valence-corrected chi connectivity index (χ1v) is 9.27. The van der Waals surface area contributed by atoms with Gasteiger partial charge in [0.25, 0.3) is 0 Å². The largest absolute Gasteiger partial charge is 0.469 e. The lowest BCUT2D eigenvalue weighted by atomic mass is 10.2. The van der Waals surface area contributed by atoms with Crippen molar-refractivity contribution in [3.05, 3.63) is 10.6 Å². The van der Waals surface area contributed by atoms with Crippen LogP contribution in [0, 0.1) is 13.8 Å². The summed E-state index contributed by atoms with van der Waals surface area (Å²) in [5, 5.41) is 3.28. The number of ether oxygens (including phenoxy) is 1. The van der Waals surface area contributed by atoms with E-state index in [-0.39, 0.29) is 37.2 Å². The number of hydrogen-bond acceptors (Lipinski definition) is 7. The summed E-state index contributed by atoms with van der Waals surface area (Å²) >= 11 is 1.41. The van der Waals surface area contributed by atoms with E-state index >= 15 is 0 Å². The third kappa shape index (κ3) is 7.92. The molecule has 1 aromatic heterocycles. The average Bonchev–Trinajstić information content (AvgIpc) is 2.88. The van der Waals surface area contributed by atoms with E-state index in [1.807, 2.05) is 32.8 Å². The van der Waals surface area contributed by atoms with Crippen molar-refractivity contribution in [1.29, 1.82) is 0 Å². The van der Waals surface area contributed by atoms with Gasteiger partial charge in [0.1, 0.15) is 0 Å². The van der Waals surface area contributed by atoms with Crippen molar-refractivity contribution in [2.75, 3.05) is 46.2 Å². The number of aryl methyl sites for hydroxylation is 2. The lowest BCUT2D eigenvalue weighted by molar-refractivity contribution is -0.141. The van der Waals surface area contributed by atoms with E-state index in [0.717, 1.165) is 10.6 Å². The molecule has 1 rings (SSSR count). The highest BCUT2D eigenvalue weighted by Crippen LogP contribution is 2.20. The van der Waals surface area contributed by atoms with E-state index in [1.165, 1.54) is 23.3 Å². The molecule has 0 saturated heterocycles. The molecule has 0 unspecified atom stereocenters. The second-order valence-electron chi connectivity index (χ2n) is 6.26. The first-order chi connectivity index (χ1) is 12.2. The number of esters is 1. The van der Waals surface area contributed by atoms with Gasteiger partial charge < -0.3 is 19.9 Å². The van der Waals surface area contributed by atoms with Gasteiger partial charge in [0, 0.05) is 30.8 Å². The Hall–Kier alpha value is -2.00. The normalized spacial score (nSPS) is 10.7. The molecule has 26 heavy (non-hydrogen) atoms. The van der Waals surface area contributed by atoms with Crippen LogP contribution in [-0.4, -0.2) is 73.4 Å². The number of aromatic nitrogens is 1. The summed E-state index contributed by atoms with van der Waals surface area (Å²) < 4.78 is 4.57. The summed E-state index contributed by atoms with van der Waals surface area (Å²) in [6.07, 6.45) is 0.787. The van der Waals surface area contributed by atoms with Gasteiger partial charge in [0.05, 0.1) is 19.3 Å². The van der Waals surface area contributed by atoms with Crippen LogP contribution in [0.25, 0.3) is 0 Å². The molecule has 0 aromatic carbocycles. The Morgan fingerprint density at radius 2 is 1.85 bits per heavy atom. The lowest BCUT2D eigenvalue weighted by Gasteiger charge is -2.23. The van der Waals surface area contributed by atoms with Gasteiger partial charge in [-0.1, -0.05) is 0 Å². The van der Waals surface area contributed by atoms with Crippen molar-refractivity contribution in [3.8, 4) is 0 Å². The molecule has 0 aliphatic carbocycles. The number of methoxy groups -OCH3 is 1. The highest BCUT2D eigenvalue weighted by molar-refractivity contribution is 7.15. The predicted molar refractivity (Wildman–Crippen MR) is 101 cm³/mol. The van der Waals surface area contributed by atoms with E-state index in [2.05, 4.69) is 15.0 Å². The summed E-state index contributed by atoms with van der Waals surface area (Å²) in [6.45, 7) is 4.87. The lowest BCUT2D eigenvalue weighted by Crippen LogP contribution is -2.41. The SMILES string of the molecule is COC(=O)CCCC(=O)N(CCN(C)C)CC(=O)Nc1nc(C)c(C)s1. The molecule has 1 N–H and O–H groups in total. The van der Waals surface area contributed by atoms with Crippen LogP contribution in [0.3, 0.4) is 0 Å². The number of rotatable bonds is 10. The minimum atomic E-state index is -0.343. The number of thiazole rings is 1. The number of nitrogens with one attached hydrogen (secondary N) is 1. The standard InChI is InChI=1S/C17H28N4O4S/c1-12-13(2)26-17(18-12)19-14(22)11-21(10-9-20(3)4)15(23)7-6-8-16(24)25-5/h6-11H2,1-5H3,(H,18,19,22). The van der Waals surface area contributed by atoms with Gasteiger partial charge in [-0.3, -0.25) is 14.4 Å². The molecular formula is C17H28N4O4S. The summed E-state index contributed by atoms with van der Waals surface area (Å²) in [5.74, 6) is -0.777. The van der Waals surface area contributed by atoms with Crippen molar-refractivity contribution in [2.24, 2.45) is 0 Å². The maximum absolute atomic E-state index is 12.4. The second kappa shape index (κ2) is 10.9. The van der Waals surface area contributed by atoms with Crippen LogP contribution in [-0.2, 0) is 19.1 Å². The highest BCUT2D eigenvalue weighted by Gasteiger charge is 2.18. The topological polar surface area (TPSA) is 91.8 Å². The third-order valence-corrected chi connectivity index (χ3v) is 4.77. The van der Waals surface area contributed by atoms with Crippen molar-refractivity contribution in [2.45, 2.75) is 33.1 Å². The number of likely N-dealkylation sites (N-methyl/N-ethyl adjacent to an activating group) is 1. The van der Waals surface area contributed by atoms with E-state index < -0.39 is 0 Å². The average molecular weight is 385 g/mol. The molecule has 0 aliphatic rings. The van der Waals surface area contributed by atoms with Gasteiger partial charge in [-0.25, -0.2) is 4.98 Å². The number of carbonyl (C=O) groups is 3. The Kier molecular flexibility index (Phi) is 9.22. The number of anilines is 1. The second-order valence-corrected chi connectivity index (χ2v) is 7.46. The van der Waals surface area contributed by atoms with Gasteiger partial charge in [-0.15, -0.1) is 11.3 Å². The number of nitrogens with zero attached hydrogens (tertiary/aromatic N) is 3. The highest BCUT2D eigenvalue weighted by atomic mass is 32.1. The van der Waals surface area contributed by atoms with E-state index in [9.17, 15) is 14.4 Å². The molecule has 146 valence electrons. The Balaban J connectivity index is 2.61. The fourth-order valence-corrected chi connectivity index (χ4v) is 2.95. The smallest absolute Gasteiger partial charge is 0.305 e. The number of hydrogen-bond donors (Lipinski definition) is 1. The first-order valence-electron chi connectivity index (χ1n) is 8.46. The molecular weight excluding hydrogens is 356 g/mol. The minimum Gasteiger partial charge on any atom is -0.469 e. The summed E-state index contributed by atoms with van der Waals surface area (Å²) in [5.41, 5.74) is 0.883. The van der Waals surface area contributed by atoms with E-state index in [4.69, 9.17) is 0 Å². The van der Waals surface area contributed by atoms with Gasteiger partial charge in [-0.2, -0.15) is 0 Å². The van der Waals surface area contributed by atoms with Crippen LogP contribution in [0.2, 0.25) is 0 Å². The van der Waals surface area contributed by atoms with E-state index in [0.29, 0.717) is 24.6 Å². The number of amides is 2. The molecule has 0 spiro atoms. The Labute approximate surface area is 158 Å². The maximum Gasteiger partial charge on any atom is 0.305 e. The number of carbonyl (C=O) groups excluding carboxylic acids is 3. The minimum absolute atomic E-state index is 0.0391. The van der Waals surface area contributed by atoms with Gasteiger partial charge >= 0.3 is 5.97 Å². The van der Waals surface area contributed by atoms with Crippen LogP contribution in [0.1, 0.15) is 29.8 Å². The summed E-state index contributed by atoms with van der Waals surface area (Å²) in [4.78, 5) is 44.7. The molecule has 8 nitrogen and oxygen atoms in total. The summed E-state index contributed by atoms with van der Waals surface area (Å²) in [6, 6.07) is 0. The molecule has 0 radical (unpaired) electrons. The van der Waals surface area contributed by atoms with Crippen molar-refractivity contribution in [1.82, 2.24) is 14.8 Å². The van der Waals surface area contributed by atoms with Gasteiger partial charge in [0.2, 0.25) is 11.8 Å². The van der Waals surface area contributed by atoms with Crippen LogP contribution < -0.4 is 5.32 Å². The van der Waals surface area contributed by atoms with Crippen LogP contribution in [0.15, 0.2) is 0 Å². The van der Waals surface area contributed by atoms with Crippen LogP contribution >= 0.6 is 11.3 Å². The molecule has 1 aromatic rings. The molecule has 2 amide bonds. The van der Waals surface area contributed by atoms with Crippen molar-refractivity contribution in [3.63, 3.8) is 0 Å². The monoisotopic (exact) mass is 384 g/mol. The molecule has 0 aliphatic heterocycles. The Bertz CT molecular complexity index is 611. The maximum atomic E-state index is 12.4. The van der Waals surface area contributed by atoms with Crippen LogP contribution in [0.4, 0.5) is 5.13 Å². The molecule has 1 heterocycles. The molecule has 0 saturated carbocycles. The zero-order valence-corrected chi connectivity index (χ0v) is 16.9. The zero-order chi connectivity index (χ0) is 19.7. The molecule has 0 bridgehead atoms. The van der Waals surface area contributed by atoms with Crippen LogP contribution in [0.5, 0.6) is 0 Å². The quantitative estimate of drug-likeness (QED) is 0.614. The Morgan fingerprint density at radius 1 is 1.15 bits per heavy atom. The zero-order valence-electron chi connectivity index (χ0n) is 16.1. The molecule has 9 heteroatoms. The van der Waals surface area contributed by atoms with Crippen molar-refractivity contribution < 1.29 is 19.1 Å².